The van der Waals surface area contributed by atoms with Crippen molar-refractivity contribution in [3.05, 3.63) is 64.7 Å². The Labute approximate surface area is 159 Å². The molecule has 0 aliphatic carbocycles. The highest BCUT2D eigenvalue weighted by Crippen LogP contribution is 2.21. The zero-order valence-corrected chi connectivity index (χ0v) is 16.4. The molecule has 0 saturated heterocycles. The third kappa shape index (κ3) is 6.29. The van der Waals surface area contributed by atoms with Gasteiger partial charge in [-0.05, 0) is 56.2 Å². The summed E-state index contributed by atoms with van der Waals surface area (Å²) in [6, 6.07) is 15.4. The number of nitrogens with one attached hydrogen (secondary N) is 1. The number of hydrogen-bond acceptors (Lipinski definition) is 3. The Bertz CT molecular complexity index is 701. The van der Waals surface area contributed by atoms with Gasteiger partial charge in [0.05, 0.1) is 0 Å². The van der Waals surface area contributed by atoms with E-state index in [1.807, 2.05) is 17.8 Å². The minimum absolute atomic E-state index is 0.126. The average Bonchev–Trinajstić information content (AvgIpc) is 2.58. The number of halogens is 1. The van der Waals surface area contributed by atoms with Gasteiger partial charge in [-0.2, -0.15) is 11.8 Å². The molecule has 0 aromatic heterocycles. The summed E-state index contributed by atoms with van der Waals surface area (Å²) in [4.78, 5) is 12.4. The van der Waals surface area contributed by atoms with Crippen LogP contribution in [0, 0.1) is 6.92 Å². The SMILES string of the molecule is Cc1ccccc1CSCCNC(=O)C(C)(C)Oc1ccc(Cl)cc1. The lowest BCUT2D eigenvalue weighted by molar-refractivity contribution is -0.134. The predicted molar refractivity (Wildman–Crippen MR) is 107 cm³/mol. The first-order chi connectivity index (χ1) is 11.9. The summed E-state index contributed by atoms with van der Waals surface area (Å²) in [5.74, 6) is 2.31. The summed E-state index contributed by atoms with van der Waals surface area (Å²) in [6.45, 7) is 6.26. The molecule has 0 spiro atoms. The van der Waals surface area contributed by atoms with Crippen LogP contribution in [0.4, 0.5) is 0 Å². The summed E-state index contributed by atoms with van der Waals surface area (Å²) in [7, 11) is 0. The topological polar surface area (TPSA) is 38.3 Å². The van der Waals surface area contributed by atoms with Gasteiger partial charge in [0.2, 0.25) is 0 Å². The van der Waals surface area contributed by atoms with Gasteiger partial charge in [-0.3, -0.25) is 4.79 Å². The van der Waals surface area contributed by atoms with Crippen molar-refractivity contribution in [3.8, 4) is 5.75 Å². The van der Waals surface area contributed by atoms with Crippen LogP contribution >= 0.6 is 23.4 Å². The lowest BCUT2D eigenvalue weighted by Gasteiger charge is -2.25. The first-order valence-electron chi connectivity index (χ1n) is 8.23. The van der Waals surface area contributed by atoms with E-state index in [0.29, 0.717) is 17.3 Å². The van der Waals surface area contributed by atoms with Crippen molar-refractivity contribution in [2.24, 2.45) is 0 Å². The van der Waals surface area contributed by atoms with Gasteiger partial charge in [-0.25, -0.2) is 0 Å². The van der Waals surface area contributed by atoms with Crippen LogP contribution in [0.25, 0.3) is 0 Å². The van der Waals surface area contributed by atoms with Gasteiger partial charge < -0.3 is 10.1 Å². The second-order valence-corrected chi connectivity index (χ2v) is 7.84. The molecular formula is C20H24ClNO2S. The molecule has 0 radical (unpaired) electrons. The van der Waals surface area contributed by atoms with Crippen molar-refractivity contribution in [3.63, 3.8) is 0 Å². The van der Waals surface area contributed by atoms with Gasteiger partial charge >= 0.3 is 0 Å². The molecule has 2 aromatic rings. The molecule has 1 N–H and O–H groups in total. The standard InChI is InChI=1S/C20H24ClNO2S/c1-15-6-4-5-7-16(15)14-25-13-12-22-19(23)20(2,3)24-18-10-8-17(21)9-11-18/h4-11H,12-14H2,1-3H3,(H,22,23). The van der Waals surface area contributed by atoms with Crippen molar-refractivity contribution >= 4 is 29.3 Å². The van der Waals surface area contributed by atoms with E-state index in [-0.39, 0.29) is 5.91 Å². The van der Waals surface area contributed by atoms with Gasteiger partial charge in [0.1, 0.15) is 5.75 Å². The fourth-order valence-electron chi connectivity index (χ4n) is 2.25. The Morgan fingerprint density at radius 3 is 2.52 bits per heavy atom. The molecule has 0 unspecified atom stereocenters. The number of ether oxygens (including phenoxy) is 1. The molecule has 2 aromatic carbocycles. The summed E-state index contributed by atoms with van der Waals surface area (Å²) >= 11 is 7.67. The summed E-state index contributed by atoms with van der Waals surface area (Å²) in [5.41, 5.74) is 1.70. The Balaban J connectivity index is 1.73. The molecule has 3 nitrogen and oxygen atoms in total. The maximum Gasteiger partial charge on any atom is 0.263 e. The number of amides is 1. The minimum Gasteiger partial charge on any atom is -0.478 e. The molecule has 0 fully saturated rings. The van der Waals surface area contributed by atoms with Gasteiger partial charge in [-0.15, -0.1) is 0 Å². The van der Waals surface area contributed by atoms with Crippen LogP contribution in [0.2, 0.25) is 5.02 Å². The second kappa shape index (κ2) is 9.16. The smallest absolute Gasteiger partial charge is 0.263 e. The van der Waals surface area contributed by atoms with Crippen molar-refractivity contribution < 1.29 is 9.53 Å². The number of hydrogen-bond donors (Lipinski definition) is 1. The van der Waals surface area contributed by atoms with Crippen molar-refractivity contribution in [1.82, 2.24) is 5.32 Å². The van der Waals surface area contributed by atoms with E-state index in [2.05, 4.69) is 30.4 Å². The number of thioether (sulfide) groups is 1. The highest BCUT2D eigenvalue weighted by molar-refractivity contribution is 7.98. The van der Waals surface area contributed by atoms with Gasteiger partial charge in [0, 0.05) is 23.1 Å². The molecule has 25 heavy (non-hydrogen) atoms. The first-order valence-corrected chi connectivity index (χ1v) is 9.77. The molecule has 2 rings (SSSR count). The van der Waals surface area contributed by atoms with E-state index in [1.165, 1.54) is 11.1 Å². The number of carbonyl (C=O) groups excluding carboxylic acids is 1. The number of rotatable bonds is 8. The van der Waals surface area contributed by atoms with Crippen LogP contribution in [0.15, 0.2) is 48.5 Å². The van der Waals surface area contributed by atoms with Crippen LogP contribution in [0.3, 0.4) is 0 Å². The fourth-order valence-corrected chi connectivity index (χ4v) is 3.31. The van der Waals surface area contributed by atoms with Crippen LogP contribution in [-0.2, 0) is 10.5 Å². The minimum atomic E-state index is -0.936. The van der Waals surface area contributed by atoms with Crippen LogP contribution in [0.1, 0.15) is 25.0 Å². The van der Waals surface area contributed by atoms with Crippen molar-refractivity contribution in [2.45, 2.75) is 32.1 Å². The lowest BCUT2D eigenvalue weighted by atomic mass is 10.1. The van der Waals surface area contributed by atoms with Gasteiger partial charge in [0.25, 0.3) is 5.91 Å². The summed E-state index contributed by atoms with van der Waals surface area (Å²) in [6.07, 6.45) is 0. The number of aryl methyl sites for hydroxylation is 1. The van der Waals surface area contributed by atoms with Crippen molar-refractivity contribution in [1.29, 1.82) is 0 Å². The van der Waals surface area contributed by atoms with Gasteiger partial charge in [-0.1, -0.05) is 35.9 Å². The first kappa shape index (κ1) is 19.7. The fraction of sp³-hybridized carbons (Fsp3) is 0.350. The molecular weight excluding hydrogens is 354 g/mol. The zero-order valence-electron chi connectivity index (χ0n) is 14.8. The molecule has 1 amide bonds. The Morgan fingerprint density at radius 2 is 1.84 bits per heavy atom. The highest BCUT2D eigenvalue weighted by Gasteiger charge is 2.29. The molecule has 0 bridgehead atoms. The molecule has 0 aliphatic heterocycles. The largest absolute Gasteiger partial charge is 0.478 e. The monoisotopic (exact) mass is 377 g/mol. The lowest BCUT2D eigenvalue weighted by Crippen LogP contribution is -2.47. The van der Waals surface area contributed by atoms with E-state index in [0.717, 1.165) is 11.5 Å². The van der Waals surface area contributed by atoms with Gasteiger partial charge in [0.15, 0.2) is 5.60 Å². The summed E-state index contributed by atoms with van der Waals surface area (Å²) < 4.78 is 5.78. The van der Waals surface area contributed by atoms with E-state index >= 15 is 0 Å². The molecule has 134 valence electrons. The quantitative estimate of drug-likeness (QED) is 0.668. The van der Waals surface area contributed by atoms with E-state index in [9.17, 15) is 4.79 Å². The normalized spacial score (nSPS) is 11.2. The number of carbonyl (C=O) groups is 1. The third-order valence-electron chi connectivity index (χ3n) is 3.78. The zero-order chi connectivity index (χ0) is 18.3. The third-order valence-corrected chi connectivity index (χ3v) is 5.04. The maximum atomic E-state index is 12.4. The molecule has 0 heterocycles. The molecule has 0 aliphatic rings. The molecule has 0 atom stereocenters. The molecule has 5 heteroatoms. The van der Waals surface area contributed by atoms with E-state index < -0.39 is 5.60 Å². The van der Waals surface area contributed by atoms with Crippen LogP contribution in [-0.4, -0.2) is 23.8 Å². The highest BCUT2D eigenvalue weighted by atomic mass is 35.5. The summed E-state index contributed by atoms with van der Waals surface area (Å²) in [5, 5.41) is 3.58. The van der Waals surface area contributed by atoms with Crippen LogP contribution < -0.4 is 10.1 Å². The maximum absolute atomic E-state index is 12.4. The predicted octanol–water partition coefficient (Wildman–Crippen LogP) is 4.86. The Hall–Kier alpha value is -1.65. The van der Waals surface area contributed by atoms with E-state index in [4.69, 9.17) is 16.3 Å². The number of benzene rings is 2. The Morgan fingerprint density at radius 1 is 1.16 bits per heavy atom. The van der Waals surface area contributed by atoms with E-state index in [1.54, 1.807) is 38.1 Å². The Kier molecular flexibility index (Phi) is 7.21. The average molecular weight is 378 g/mol. The second-order valence-electron chi connectivity index (χ2n) is 6.30. The van der Waals surface area contributed by atoms with Crippen molar-refractivity contribution in [2.75, 3.05) is 12.3 Å². The molecule has 0 saturated carbocycles. The van der Waals surface area contributed by atoms with Crippen LogP contribution in [0.5, 0.6) is 5.75 Å².